The van der Waals surface area contributed by atoms with Crippen molar-refractivity contribution < 1.29 is 14.2 Å². The maximum atomic E-state index is 5.38. The molecular formula is C9H18O3. The average Bonchev–Trinajstić information content (AvgIpc) is 2.89. The molecule has 1 rings (SSSR count). The molecule has 12 heavy (non-hydrogen) atoms. The predicted molar refractivity (Wildman–Crippen MR) is 46.0 cm³/mol. The van der Waals surface area contributed by atoms with Gasteiger partial charge in [0.15, 0.2) is 6.29 Å². The number of rotatable bonds is 7. The van der Waals surface area contributed by atoms with E-state index >= 15 is 0 Å². The zero-order valence-electron chi connectivity index (χ0n) is 7.91. The first-order valence-electron chi connectivity index (χ1n) is 4.50. The Hall–Kier alpha value is -0.120. The SMILES string of the molecule is COC(COCCC1CC1)OC. The lowest BCUT2D eigenvalue weighted by Crippen LogP contribution is -2.20. The topological polar surface area (TPSA) is 27.7 Å². The lowest BCUT2D eigenvalue weighted by Gasteiger charge is -2.12. The Morgan fingerprint density at radius 1 is 1.25 bits per heavy atom. The summed E-state index contributed by atoms with van der Waals surface area (Å²) in [6.45, 7) is 1.38. The molecule has 0 heterocycles. The Kier molecular flexibility index (Phi) is 4.58. The summed E-state index contributed by atoms with van der Waals surface area (Å²) in [5, 5.41) is 0. The summed E-state index contributed by atoms with van der Waals surface area (Å²) in [6, 6.07) is 0. The van der Waals surface area contributed by atoms with Crippen LogP contribution in [0.2, 0.25) is 0 Å². The number of hydrogen-bond acceptors (Lipinski definition) is 3. The van der Waals surface area contributed by atoms with E-state index < -0.39 is 0 Å². The van der Waals surface area contributed by atoms with Crippen LogP contribution in [-0.2, 0) is 14.2 Å². The van der Waals surface area contributed by atoms with Gasteiger partial charge in [0.1, 0.15) is 0 Å². The minimum Gasteiger partial charge on any atom is -0.376 e. The smallest absolute Gasteiger partial charge is 0.180 e. The fourth-order valence-corrected chi connectivity index (χ4v) is 1.07. The van der Waals surface area contributed by atoms with Crippen molar-refractivity contribution in [3.05, 3.63) is 0 Å². The van der Waals surface area contributed by atoms with Crippen molar-refractivity contribution in [2.45, 2.75) is 25.6 Å². The van der Waals surface area contributed by atoms with Gasteiger partial charge in [-0.1, -0.05) is 12.8 Å². The van der Waals surface area contributed by atoms with Crippen molar-refractivity contribution in [3.8, 4) is 0 Å². The quantitative estimate of drug-likeness (QED) is 0.431. The monoisotopic (exact) mass is 174 g/mol. The largest absolute Gasteiger partial charge is 0.376 e. The van der Waals surface area contributed by atoms with Gasteiger partial charge in [0, 0.05) is 20.8 Å². The highest BCUT2D eigenvalue weighted by Gasteiger charge is 2.20. The Balaban J connectivity index is 1.85. The Labute approximate surface area is 74.0 Å². The van der Waals surface area contributed by atoms with Gasteiger partial charge in [-0.25, -0.2) is 0 Å². The third-order valence-electron chi connectivity index (χ3n) is 2.15. The minimum absolute atomic E-state index is 0.204. The van der Waals surface area contributed by atoms with E-state index in [-0.39, 0.29) is 6.29 Å². The molecule has 1 aliphatic carbocycles. The van der Waals surface area contributed by atoms with Crippen LogP contribution in [0.5, 0.6) is 0 Å². The molecule has 0 saturated heterocycles. The van der Waals surface area contributed by atoms with Crippen molar-refractivity contribution in [2.24, 2.45) is 5.92 Å². The molecule has 0 N–H and O–H groups in total. The van der Waals surface area contributed by atoms with Crippen LogP contribution in [0.3, 0.4) is 0 Å². The van der Waals surface area contributed by atoms with Crippen molar-refractivity contribution in [2.75, 3.05) is 27.4 Å². The van der Waals surface area contributed by atoms with Crippen LogP contribution in [0.15, 0.2) is 0 Å². The van der Waals surface area contributed by atoms with Crippen LogP contribution in [0.1, 0.15) is 19.3 Å². The van der Waals surface area contributed by atoms with Gasteiger partial charge in [-0.05, 0) is 12.3 Å². The van der Waals surface area contributed by atoms with Gasteiger partial charge in [-0.3, -0.25) is 0 Å². The van der Waals surface area contributed by atoms with Gasteiger partial charge >= 0.3 is 0 Å². The third-order valence-corrected chi connectivity index (χ3v) is 2.15. The van der Waals surface area contributed by atoms with Crippen LogP contribution in [-0.4, -0.2) is 33.7 Å². The van der Waals surface area contributed by atoms with E-state index in [0.29, 0.717) is 6.61 Å². The number of hydrogen-bond donors (Lipinski definition) is 0. The van der Waals surface area contributed by atoms with E-state index in [1.807, 2.05) is 0 Å². The fraction of sp³-hybridized carbons (Fsp3) is 1.00. The lowest BCUT2D eigenvalue weighted by atomic mass is 10.3. The minimum atomic E-state index is -0.204. The van der Waals surface area contributed by atoms with Crippen LogP contribution >= 0.6 is 0 Å². The summed E-state index contributed by atoms with van der Waals surface area (Å²) in [7, 11) is 3.25. The van der Waals surface area contributed by atoms with Gasteiger partial charge in [-0.15, -0.1) is 0 Å². The number of methoxy groups -OCH3 is 2. The summed E-state index contributed by atoms with van der Waals surface area (Å²) in [4.78, 5) is 0. The average molecular weight is 174 g/mol. The highest BCUT2D eigenvalue weighted by atomic mass is 16.7. The van der Waals surface area contributed by atoms with E-state index in [1.54, 1.807) is 14.2 Å². The second-order valence-electron chi connectivity index (χ2n) is 3.21. The molecule has 0 aromatic carbocycles. The summed E-state index contributed by atoms with van der Waals surface area (Å²) in [5.74, 6) is 0.938. The zero-order valence-corrected chi connectivity index (χ0v) is 7.91. The molecule has 3 heteroatoms. The van der Waals surface area contributed by atoms with Crippen molar-refractivity contribution in [1.29, 1.82) is 0 Å². The highest BCUT2D eigenvalue weighted by molar-refractivity contribution is 4.72. The molecule has 0 bridgehead atoms. The first-order chi connectivity index (χ1) is 5.86. The molecule has 0 aliphatic heterocycles. The predicted octanol–water partition coefficient (Wildman–Crippen LogP) is 1.42. The van der Waals surface area contributed by atoms with Gasteiger partial charge < -0.3 is 14.2 Å². The maximum Gasteiger partial charge on any atom is 0.180 e. The van der Waals surface area contributed by atoms with Crippen molar-refractivity contribution in [1.82, 2.24) is 0 Å². The van der Waals surface area contributed by atoms with Gasteiger partial charge in [0.2, 0.25) is 0 Å². The molecule has 72 valence electrons. The van der Waals surface area contributed by atoms with Crippen LogP contribution < -0.4 is 0 Å². The third kappa shape index (κ3) is 4.04. The number of ether oxygens (including phenoxy) is 3. The summed E-state index contributed by atoms with van der Waals surface area (Å²) in [5.41, 5.74) is 0. The first kappa shape index (κ1) is 9.96. The van der Waals surface area contributed by atoms with E-state index in [9.17, 15) is 0 Å². The molecule has 0 atom stereocenters. The molecule has 1 saturated carbocycles. The standard InChI is InChI=1S/C9H18O3/c1-10-9(11-2)7-12-6-5-8-3-4-8/h8-9H,3-7H2,1-2H3. The van der Waals surface area contributed by atoms with E-state index in [4.69, 9.17) is 14.2 Å². The summed E-state index contributed by atoms with van der Waals surface area (Å²) in [6.07, 6.45) is 3.77. The Morgan fingerprint density at radius 2 is 1.92 bits per heavy atom. The zero-order chi connectivity index (χ0) is 8.81. The Morgan fingerprint density at radius 3 is 2.42 bits per heavy atom. The van der Waals surface area contributed by atoms with Gasteiger partial charge in [-0.2, -0.15) is 0 Å². The fourth-order valence-electron chi connectivity index (χ4n) is 1.07. The normalized spacial score (nSPS) is 17.2. The highest BCUT2D eigenvalue weighted by Crippen LogP contribution is 2.32. The molecule has 0 amide bonds. The summed E-state index contributed by atoms with van der Waals surface area (Å²) >= 11 is 0. The second kappa shape index (κ2) is 5.51. The van der Waals surface area contributed by atoms with E-state index in [1.165, 1.54) is 19.3 Å². The molecule has 0 unspecified atom stereocenters. The maximum absolute atomic E-state index is 5.38. The lowest BCUT2D eigenvalue weighted by molar-refractivity contribution is -0.140. The van der Waals surface area contributed by atoms with Crippen LogP contribution in [0.25, 0.3) is 0 Å². The van der Waals surface area contributed by atoms with E-state index in [2.05, 4.69) is 0 Å². The molecule has 1 aliphatic rings. The molecule has 0 radical (unpaired) electrons. The molecule has 3 nitrogen and oxygen atoms in total. The molecule has 1 fully saturated rings. The van der Waals surface area contributed by atoms with Gasteiger partial charge in [0.05, 0.1) is 6.61 Å². The molecular weight excluding hydrogens is 156 g/mol. The Bertz CT molecular complexity index is 108. The molecule has 0 spiro atoms. The van der Waals surface area contributed by atoms with Crippen molar-refractivity contribution in [3.63, 3.8) is 0 Å². The van der Waals surface area contributed by atoms with Crippen LogP contribution in [0, 0.1) is 5.92 Å². The van der Waals surface area contributed by atoms with Crippen LogP contribution in [0.4, 0.5) is 0 Å². The molecule has 0 aromatic rings. The van der Waals surface area contributed by atoms with Crippen molar-refractivity contribution >= 4 is 0 Å². The second-order valence-corrected chi connectivity index (χ2v) is 3.21. The van der Waals surface area contributed by atoms with Gasteiger partial charge in [0.25, 0.3) is 0 Å². The summed E-state index contributed by atoms with van der Waals surface area (Å²) < 4.78 is 15.3. The van der Waals surface area contributed by atoms with E-state index in [0.717, 1.165) is 12.5 Å². The first-order valence-corrected chi connectivity index (χ1v) is 4.50. The molecule has 0 aromatic heterocycles.